The third-order valence-corrected chi connectivity index (χ3v) is 5.28. The molecule has 1 unspecified atom stereocenters. The standard InChI is InChI=1S/C18H17NOS/c1-19-18(13-6-7-14-10-20-11-15(14)8-13)17-9-12-4-2-3-5-16(12)21-17/h2-9,18-19H,10-11H2,1H3. The van der Waals surface area contributed by atoms with E-state index in [-0.39, 0.29) is 6.04 Å². The minimum atomic E-state index is 0.244. The zero-order chi connectivity index (χ0) is 14.2. The first kappa shape index (κ1) is 13.0. The average Bonchev–Trinajstić information content (AvgIpc) is 3.13. The first-order valence-corrected chi connectivity index (χ1v) is 8.02. The molecule has 0 saturated heterocycles. The molecule has 1 aliphatic rings. The second-order valence-corrected chi connectivity index (χ2v) is 6.54. The van der Waals surface area contributed by atoms with Crippen LogP contribution in [0.4, 0.5) is 0 Å². The molecule has 1 N–H and O–H groups in total. The molecule has 0 saturated carbocycles. The van der Waals surface area contributed by atoms with Gasteiger partial charge in [0.1, 0.15) is 0 Å². The molecule has 106 valence electrons. The van der Waals surface area contributed by atoms with Crippen molar-refractivity contribution >= 4 is 21.4 Å². The molecule has 0 fully saturated rings. The average molecular weight is 295 g/mol. The van der Waals surface area contributed by atoms with Gasteiger partial charge in [0.2, 0.25) is 0 Å². The molecule has 2 heterocycles. The molecular weight excluding hydrogens is 278 g/mol. The first-order chi connectivity index (χ1) is 10.3. The highest BCUT2D eigenvalue weighted by atomic mass is 32.1. The molecule has 2 nitrogen and oxygen atoms in total. The Morgan fingerprint density at radius 1 is 1.05 bits per heavy atom. The van der Waals surface area contributed by atoms with E-state index >= 15 is 0 Å². The van der Waals surface area contributed by atoms with E-state index in [1.54, 1.807) is 0 Å². The van der Waals surface area contributed by atoms with Crippen LogP contribution in [0, 0.1) is 0 Å². The van der Waals surface area contributed by atoms with Gasteiger partial charge >= 0.3 is 0 Å². The third kappa shape index (κ3) is 2.27. The Hall–Kier alpha value is -1.68. The molecule has 0 bridgehead atoms. The van der Waals surface area contributed by atoms with Gasteiger partial charge in [-0.25, -0.2) is 0 Å². The minimum absolute atomic E-state index is 0.244. The van der Waals surface area contributed by atoms with Crippen LogP contribution >= 0.6 is 11.3 Å². The molecule has 0 amide bonds. The molecule has 3 aromatic rings. The number of benzene rings is 2. The quantitative estimate of drug-likeness (QED) is 0.780. The summed E-state index contributed by atoms with van der Waals surface area (Å²) in [5, 5.41) is 4.78. The summed E-state index contributed by atoms with van der Waals surface area (Å²) in [6.45, 7) is 1.49. The number of thiophene rings is 1. The topological polar surface area (TPSA) is 21.3 Å². The van der Waals surface area contributed by atoms with Gasteiger partial charge in [-0.05, 0) is 41.3 Å². The van der Waals surface area contributed by atoms with Gasteiger partial charge in [0.15, 0.2) is 0 Å². The van der Waals surface area contributed by atoms with Crippen LogP contribution in [0.1, 0.15) is 27.6 Å². The van der Waals surface area contributed by atoms with Crippen molar-refractivity contribution < 1.29 is 4.74 Å². The van der Waals surface area contributed by atoms with Gasteiger partial charge in [0.25, 0.3) is 0 Å². The fourth-order valence-electron chi connectivity index (χ4n) is 2.99. The lowest BCUT2D eigenvalue weighted by molar-refractivity contribution is 0.134. The van der Waals surface area contributed by atoms with Crippen LogP contribution in [0.15, 0.2) is 48.5 Å². The largest absolute Gasteiger partial charge is 0.372 e. The van der Waals surface area contributed by atoms with Crippen molar-refractivity contribution in [1.29, 1.82) is 0 Å². The van der Waals surface area contributed by atoms with Crippen molar-refractivity contribution in [3.63, 3.8) is 0 Å². The molecule has 0 spiro atoms. The van der Waals surface area contributed by atoms with E-state index in [1.807, 2.05) is 18.4 Å². The van der Waals surface area contributed by atoms with Gasteiger partial charge < -0.3 is 10.1 Å². The number of hydrogen-bond donors (Lipinski definition) is 1. The van der Waals surface area contributed by atoms with Crippen LogP contribution in [0.5, 0.6) is 0 Å². The van der Waals surface area contributed by atoms with Crippen LogP contribution in [0.25, 0.3) is 10.1 Å². The van der Waals surface area contributed by atoms with Gasteiger partial charge in [-0.15, -0.1) is 11.3 Å². The second kappa shape index (κ2) is 5.26. The van der Waals surface area contributed by atoms with E-state index in [0.717, 1.165) is 13.2 Å². The van der Waals surface area contributed by atoms with Crippen molar-refractivity contribution in [3.8, 4) is 0 Å². The monoisotopic (exact) mass is 295 g/mol. The van der Waals surface area contributed by atoms with Crippen LogP contribution in [0.3, 0.4) is 0 Å². The maximum Gasteiger partial charge on any atom is 0.0725 e. The maximum atomic E-state index is 5.52. The van der Waals surface area contributed by atoms with E-state index in [4.69, 9.17) is 4.74 Å². The third-order valence-electron chi connectivity index (χ3n) is 4.10. The van der Waals surface area contributed by atoms with E-state index in [0.29, 0.717) is 0 Å². The van der Waals surface area contributed by atoms with E-state index < -0.39 is 0 Å². The minimum Gasteiger partial charge on any atom is -0.372 e. The fraction of sp³-hybridized carbons (Fsp3) is 0.222. The summed E-state index contributed by atoms with van der Waals surface area (Å²) in [6, 6.07) is 17.8. The van der Waals surface area contributed by atoms with Crippen LogP contribution < -0.4 is 5.32 Å². The zero-order valence-electron chi connectivity index (χ0n) is 11.9. The highest BCUT2D eigenvalue weighted by Crippen LogP contribution is 2.34. The lowest BCUT2D eigenvalue weighted by Gasteiger charge is -2.16. The number of nitrogens with one attached hydrogen (secondary N) is 1. The Morgan fingerprint density at radius 3 is 2.76 bits per heavy atom. The van der Waals surface area contributed by atoms with Gasteiger partial charge in [-0.1, -0.05) is 36.4 Å². The molecule has 0 aliphatic carbocycles. The van der Waals surface area contributed by atoms with Crippen molar-refractivity contribution in [2.45, 2.75) is 19.3 Å². The fourth-order valence-corrected chi connectivity index (χ4v) is 4.19. The Morgan fingerprint density at radius 2 is 1.90 bits per heavy atom. The summed E-state index contributed by atoms with van der Waals surface area (Å²) in [5.41, 5.74) is 3.96. The lowest BCUT2D eigenvalue weighted by atomic mass is 10.00. The summed E-state index contributed by atoms with van der Waals surface area (Å²) < 4.78 is 6.86. The van der Waals surface area contributed by atoms with Crippen molar-refractivity contribution in [2.75, 3.05) is 7.05 Å². The zero-order valence-corrected chi connectivity index (χ0v) is 12.7. The summed E-state index contributed by atoms with van der Waals surface area (Å²) in [7, 11) is 2.03. The predicted octanol–water partition coefficient (Wildman–Crippen LogP) is 4.24. The van der Waals surface area contributed by atoms with E-state index in [2.05, 4.69) is 53.8 Å². The van der Waals surface area contributed by atoms with E-state index in [1.165, 1.54) is 31.7 Å². The molecular formula is C18H17NOS. The van der Waals surface area contributed by atoms with Gasteiger partial charge in [-0.2, -0.15) is 0 Å². The summed E-state index contributed by atoms with van der Waals surface area (Å²) in [6.07, 6.45) is 0. The van der Waals surface area contributed by atoms with Crippen molar-refractivity contribution in [3.05, 3.63) is 70.1 Å². The Balaban J connectivity index is 1.77. The first-order valence-electron chi connectivity index (χ1n) is 7.20. The molecule has 1 aromatic heterocycles. The van der Waals surface area contributed by atoms with Gasteiger partial charge in [-0.3, -0.25) is 0 Å². The number of fused-ring (bicyclic) bond motifs is 2. The highest BCUT2D eigenvalue weighted by molar-refractivity contribution is 7.19. The van der Waals surface area contributed by atoms with Crippen LogP contribution in [-0.4, -0.2) is 7.05 Å². The lowest BCUT2D eigenvalue weighted by Crippen LogP contribution is -2.16. The Kier molecular flexibility index (Phi) is 3.26. The number of hydrogen-bond acceptors (Lipinski definition) is 3. The highest BCUT2D eigenvalue weighted by Gasteiger charge is 2.18. The smallest absolute Gasteiger partial charge is 0.0725 e. The molecule has 4 rings (SSSR count). The van der Waals surface area contributed by atoms with Crippen LogP contribution in [0.2, 0.25) is 0 Å². The number of ether oxygens (including phenoxy) is 1. The molecule has 3 heteroatoms. The summed E-state index contributed by atoms with van der Waals surface area (Å²) in [4.78, 5) is 1.36. The maximum absolute atomic E-state index is 5.52. The molecule has 1 aliphatic heterocycles. The molecule has 0 radical (unpaired) electrons. The predicted molar refractivity (Wildman–Crippen MR) is 87.7 cm³/mol. The summed E-state index contributed by atoms with van der Waals surface area (Å²) >= 11 is 1.86. The van der Waals surface area contributed by atoms with Crippen molar-refractivity contribution in [2.24, 2.45) is 0 Å². The Labute approximate surface area is 128 Å². The van der Waals surface area contributed by atoms with E-state index in [9.17, 15) is 0 Å². The normalized spacial score (nSPS) is 15.3. The van der Waals surface area contributed by atoms with Gasteiger partial charge in [0.05, 0.1) is 19.3 Å². The Bertz CT molecular complexity index is 760. The van der Waals surface area contributed by atoms with Crippen molar-refractivity contribution in [1.82, 2.24) is 5.32 Å². The molecule has 1 atom stereocenters. The number of rotatable bonds is 3. The van der Waals surface area contributed by atoms with Crippen LogP contribution in [-0.2, 0) is 18.0 Å². The second-order valence-electron chi connectivity index (χ2n) is 5.43. The molecule has 2 aromatic carbocycles. The molecule has 21 heavy (non-hydrogen) atoms. The van der Waals surface area contributed by atoms with Gasteiger partial charge in [0, 0.05) is 9.58 Å². The SMILES string of the molecule is CNC(c1ccc2c(c1)COC2)c1cc2ccccc2s1. The summed E-state index contributed by atoms with van der Waals surface area (Å²) in [5.74, 6) is 0.